The fourth-order valence-corrected chi connectivity index (χ4v) is 1.22. The summed E-state index contributed by atoms with van der Waals surface area (Å²) in [6, 6.07) is 0. The third-order valence-corrected chi connectivity index (χ3v) is 1.87. The molecule has 1 aromatic heterocycles. The highest BCUT2D eigenvalue weighted by molar-refractivity contribution is 6.32. The molecule has 0 saturated heterocycles. The minimum Gasteiger partial charge on any atom is -0.385 e. The minimum atomic E-state index is -0.602. The van der Waals surface area contributed by atoms with E-state index in [2.05, 4.69) is 5.10 Å². The Hall–Kier alpha value is -1.14. The predicted molar refractivity (Wildman–Crippen MR) is 50.4 cm³/mol. The van der Waals surface area contributed by atoms with Gasteiger partial charge in [0.05, 0.1) is 17.8 Å². The number of aromatic nitrogens is 2. The van der Waals surface area contributed by atoms with Crippen LogP contribution in [0.4, 0.5) is 5.82 Å². The molecule has 0 unspecified atom stereocenters. The van der Waals surface area contributed by atoms with Crippen molar-refractivity contribution in [1.29, 1.82) is 0 Å². The molecule has 0 amide bonds. The average molecular weight is 220 g/mol. The quantitative estimate of drug-likeness (QED) is 0.427. The van der Waals surface area contributed by atoms with Gasteiger partial charge >= 0.3 is 5.82 Å². The molecule has 0 aliphatic carbocycles. The van der Waals surface area contributed by atoms with Gasteiger partial charge in [-0.1, -0.05) is 11.6 Å². The van der Waals surface area contributed by atoms with Crippen LogP contribution in [0.25, 0.3) is 0 Å². The summed E-state index contributed by atoms with van der Waals surface area (Å²) in [5.74, 6) is -0.302. The molecule has 0 aliphatic rings. The SMILES string of the molecule is COCCCn1cc(Cl)c([N+](=O)[O-])n1. The van der Waals surface area contributed by atoms with Crippen LogP contribution in [0.15, 0.2) is 6.20 Å². The van der Waals surface area contributed by atoms with E-state index in [1.54, 1.807) is 7.11 Å². The number of hydrogen-bond acceptors (Lipinski definition) is 4. The van der Waals surface area contributed by atoms with Gasteiger partial charge < -0.3 is 14.9 Å². The van der Waals surface area contributed by atoms with Crippen molar-refractivity contribution in [2.45, 2.75) is 13.0 Å². The lowest BCUT2D eigenvalue weighted by atomic mass is 10.4. The van der Waals surface area contributed by atoms with E-state index in [1.807, 2.05) is 0 Å². The fraction of sp³-hybridized carbons (Fsp3) is 0.571. The second-order valence-electron chi connectivity index (χ2n) is 2.67. The average Bonchev–Trinajstić information content (AvgIpc) is 2.47. The molecule has 0 bridgehead atoms. The number of rotatable bonds is 5. The first-order chi connectivity index (χ1) is 6.65. The molecular weight excluding hydrogens is 210 g/mol. The van der Waals surface area contributed by atoms with Gasteiger partial charge in [-0.2, -0.15) is 4.68 Å². The number of nitro groups is 1. The number of ether oxygens (including phenoxy) is 1. The molecule has 7 heteroatoms. The molecule has 14 heavy (non-hydrogen) atoms. The predicted octanol–water partition coefficient (Wildman–Crippen LogP) is 1.48. The lowest BCUT2D eigenvalue weighted by Crippen LogP contribution is -2.02. The van der Waals surface area contributed by atoms with Crippen LogP contribution in [-0.2, 0) is 11.3 Å². The molecule has 1 rings (SSSR count). The van der Waals surface area contributed by atoms with Crippen LogP contribution < -0.4 is 0 Å². The van der Waals surface area contributed by atoms with Crippen LogP contribution in [0.3, 0.4) is 0 Å². The first kappa shape index (κ1) is 10.9. The van der Waals surface area contributed by atoms with Crippen LogP contribution in [0.2, 0.25) is 5.02 Å². The molecule has 6 nitrogen and oxygen atoms in total. The highest BCUT2D eigenvalue weighted by atomic mass is 35.5. The van der Waals surface area contributed by atoms with E-state index in [4.69, 9.17) is 16.3 Å². The molecule has 0 atom stereocenters. The maximum atomic E-state index is 10.4. The van der Waals surface area contributed by atoms with Gasteiger partial charge in [0.1, 0.15) is 0 Å². The molecule has 0 radical (unpaired) electrons. The molecular formula is C7H10ClN3O3. The smallest absolute Gasteiger partial charge is 0.385 e. The zero-order valence-corrected chi connectivity index (χ0v) is 8.40. The van der Waals surface area contributed by atoms with Crippen molar-refractivity contribution in [2.75, 3.05) is 13.7 Å². The summed E-state index contributed by atoms with van der Waals surface area (Å²) in [5, 5.41) is 14.2. The molecule has 1 heterocycles. The van der Waals surface area contributed by atoms with Crippen molar-refractivity contribution in [2.24, 2.45) is 0 Å². The standard InChI is InChI=1S/C7H10ClN3O3/c1-14-4-2-3-10-5-6(8)7(9-10)11(12)13/h5H,2-4H2,1H3. The topological polar surface area (TPSA) is 70.2 Å². The number of halogens is 1. The number of aryl methyl sites for hydroxylation is 1. The van der Waals surface area contributed by atoms with Crippen LogP contribution in [0.5, 0.6) is 0 Å². The largest absolute Gasteiger partial charge is 0.408 e. The maximum Gasteiger partial charge on any atom is 0.408 e. The second-order valence-corrected chi connectivity index (χ2v) is 3.07. The highest BCUT2D eigenvalue weighted by Crippen LogP contribution is 2.21. The third-order valence-electron chi connectivity index (χ3n) is 1.61. The Morgan fingerprint density at radius 1 is 1.79 bits per heavy atom. The third kappa shape index (κ3) is 2.68. The summed E-state index contributed by atoms with van der Waals surface area (Å²) in [4.78, 5) is 9.78. The first-order valence-corrected chi connectivity index (χ1v) is 4.39. The Kier molecular flexibility index (Phi) is 3.84. The van der Waals surface area contributed by atoms with Gasteiger partial charge in [0.2, 0.25) is 0 Å². The maximum absolute atomic E-state index is 10.4. The van der Waals surface area contributed by atoms with Gasteiger partial charge in [-0.25, -0.2) is 0 Å². The molecule has 0 spiro atoms. The Morgan fingerprint density at radius 2 is 2.50 bits per heavy atom. The lowest BCUT2D eigenvalue weighted by molar-refractivity contribution is -0.389. The molecule has 0 fully saturated rings. The Balaban J connectivity index is 2.62. The van der Waals surface area contributed by atoms with E-state index >= 15 is 0 Å². The summed E-state index contributed by atoms with van der Waals surface area (Å²) in [6.45, 7) is 1.15. The van der Waals surface area contributed by atoms with Gasteiger partial charge in [0.25, 0.3) is 0 Å². The van der Waals surface area contributed by atoms with Gasteiger partial charge in [-0.3, -0.25) is 0 Å². The Morgan fingerprint density at radius 3 is 3.00 bits per heavy atom. The molecule has 0 aliphatic heterocycles. The van der Waals surface area contributed by atoms with Crippen LogP contribution >= 0.6 is 11.6 Å². The normalized spacial score (nSPS) is 10.4. The van der Waals surface area contributed by atoms with E-state index in [1.165, 1.54) is 10.9 Å². The summed E-state index contributed by atoms with van der Waals surface area (Å²) < 4.78 is 6.28. The summed E-state index contributed by atoms with van der Waals surface area (Å²) >= 11 is 5.60. The van der Waals surface area contributed by atoms with Crippen LogP contribution in [0, 0.1) is 10.1 Å². The number of nitrogens with zero attached hydrogens (tertiary/aromatic N) is 3. The fourth-order valence-electron chi connectivity index (χ4n) is 0.996. The van der Waals surface area contributed by atoms with Gasteiger partial charge in [-0.15, -0.1) is 0 Å². The Labute approximate surface area is 85.6 Å². The molecule has 0 saturated carbocycles. The first-order valence-electron chi connectivity index (χ1n) is 4.01. The van der Waals surface area contributed by atoms with Crippen LogP contribution in [0.1, 0.15) is 6.42 Å². The number of methoxy groups -OCH3 is 1. The van der Waals surface area contributed by atoms with Crippen LogP contribution in [-0.4, -0.2) is 28.4 Å². The van der Waals surface area contributed by atoms with Gasteiger partial charge in [-0.05, 0) is 11.3 Å². The zero-order valence-electron chi connectivity index (χ0n) is 7.64. The van der Waals surface area contributed by atoms with E-state index in [0.717, 1.165) is 6.42 Å². The summed E-state index contributed by atoms with van der Waals surface area (Å²) in [6.07, 6.45) is 2.18. The summed E-state index contributed by atoms with van der Waals surface area (Å²) in [5.41, 5.74) is 0. The highest BCUT2D eigenvalue weighted by Gasteiger charge is 2.18. The van der Waals surface area contributed by atoms with E-state index in [9.17, 15) is 10.1 Å². The van der Waals surface area contributed by atoms with Gasteiger partial charge in [0.15, 0.2) is 5.02 Å². The van der Waals surface area contributed by atoms with Crippen molar-refractivity contribution < 1.29 is 9.66 Å². The molecule has 1 aromatic rings. The van der Waals surface area contributed by atoms with Crippen molar-refractivity contribution in [3.8, 4) is 0 Å². The van der Waals surface area contributed by atoms with Crippen molar-refractivity contribution in [3.63, 3.8) is 0 Å². The molecule has 78 valence electrons. The van der Waals surface area contributed by atoms with Gasteiger partial charge in [0, 0.05) is 13.7 Å². The monoisotopic (exact) mass is 219 g/mol. The van der Waals surface area contributed by atoms with Crippen molar-refractivity contribution >= 4 is 17.4 Å². The minimum absolute atomic E-state index is 0.0624. The van der Waals surface area contributed by atoms with Crippen molar-refractivity contribution in [1.82, 2.24) is 9.78 Å². The number of hydrogen-bond donors (Lipinski definition) is 0. The summed E-state index contributed by atoms with van der Waals surface area (Å²) in [7, 11) is 1.60. The van der Waals surface area contributed by atoms with Crippen molar-refractivity contribution in [3.05, 3.63) is 21.3 Å². The lowest BCUT2D eigenvalue weighted by Gasteiger charge is -1.95. The Bertz CT molecular complexity index is 326. The second kappa shape index (κ2) is 4.92. The molecule has 0 aromatic carbocycles. The van der Waals surface area contributed by atoms with E-state index < -0.39 is 4.92 Å². The van der Waals surface area contributed by atoms with E-state index in [-0.39, 0.29) is 10.8 Å². The molecule has 0 N–H and O–H groups in total. The zero-order chi connectivity index (χ0) is 10.6. The van der Waals surface area contributed by atoms with E-state index in [0.29, 0.717) is 13.2 Å².